The van der Waals surface area contributed by atoms with Crippen molar-refractivity contribution >= 4 is 34.5 Å². The molecule has 1 aliphatic heterocycles. The molecule has 1 aromatic heterocycles. The maximum absolute atomic E-state index is 12.7. The van der Waals surface area contributed by atoms with Crippen LogP contribution < -0.4 is 5.32 Å². The standard InChI is InChI=1S/C22H22N4O2/c27-20(10-9-16-5-2-1-3-6-16)26-13-11-17(12-14-26)22(28)24-19-8-4-7-18-15-23-25-21(18)19/h1-10,15,17H,11-14H2,(H,23,25)(H,24,28). The lowest BCUT2D eigenvalue weighted by Crippen LogP contribution is -2.40. The van der Waals surface area contributed by atoms with E-state index >= 15 is 0 Å². The molecule has 4 rings (SSSR count). The van der Waals surface area contributed by atoms with E-state index in [1.165, 1.54) is 0 Å². The Kier molecular flexibility index (Phi) is 5.19. The summed E-state index contributed by atoms with van der Waals surface area (Å²) in [4.78, 5) is 26.8. The number of fused-ring (bicyclic) bond motifs is 1. The molecule has 0 aliphatic carbocycles. The van der Waals surface area contributed by atoms with Crippen LogP contribution in [-0.4, -0.2) is 40.0 Å². The second-order valence-corrected chi connectivity index (χ2v) is 6.97. The maximum atomic E-state index is 12.7. The quantitative estimate of drug-likeness (QED) is 0.687. The van der Waals surface area contributed by atoms with Crippen LogP contribution in [0.1, 0.15) is 18.4 Å². The van der Waals surface area contributed by atoms with Crippen LogP contribution in [0.25, 0.3) is 17.0 Å². The molecule has 0 unspecified atom stereocenters. The number of anilines is 1. The first-order valence-electron chi connectivity index (χ1n) is 9.46. The first-order chi connectivity index (χ1) is 13.7. The summed E-state index contributed by atoms with van der Waals surface area (Å²) in [5.74, 6) is -0.112. The number of hydrogen-bond donors (Lipinski definition) is 2. The Labute approximate surface area is 163 Å². The predicted molar refractivity (Wildman–Crippen MR) is 110 cm³/mol. The SMILES string of the molecule is O=C(Nc1cccc2cn[nH]c12)C1CCN(C(=O)C=Cc2ccccc2)CC1. The lowest BCUT2D eigenvalue weighted by molar-refractivity contribution is -0.130. The summed E-state index contributed by atoms with van der Waals surface area (Å²) in [5, 5.41) is 10.9. The van der Waals surface area contributed by atoms with Crippen LogP contribution in [0.3, 0.4) is 0 Å². The van der Waals surface area contributed by atoms with Crippen molar-refractivity contribution in [2.45, 2.75) is 12.8 Å². The Bertz CT molecular complexity index is 1000. The summed E-state index contributed by atoms with van der Waals surface area (Å²) in [7, 11) is 0. The van der Waals surface area contributed by atoms with Gasteiger partial charge in [-0.2, -0.15) is 5.10 Å². The highest BCUT2D eigenvalue weighted by atomic mass is 16.2. The molecule has 2 heterocycles. The van der Waals surface area contributed by atoms with E-state index in [1.54, 1.807) is 17.2 Å². The van der Waals surface area contributed by atoms with E-state index < -0.39 is 0 Å². The third-order valence-corrected chi connectivity index (χ3v) is 5.13. The van der Waals surface area contributed by atoms with E-state index in [2.05, 4.69) is 15.5 Å². The van der Waals surface area contributed by atoms with E-state index in [9.17, 15) is 9.59 Å². The Hall–Kier alpha value is -3.41. The average Bonchev–Trinajstić information content (AvgIpc) is 3.23. The molecule has 0 bridgehead atoms. The van der Waals surface area contributed by atoms with Crippen molar-refractivity contribution in [3.05, 3.63) is 66.4 Å². The lowest BCUT2D eigenvalue weighted by Gasteiger charge is -2.30. The van der Waals surface area contributed by atoms with Gasteiger partial charge in [-0.15, -0.1) is 0 Å². The van der Waals surface area contributed by atoms with E-state index in [0.29, 0.717) is 25.9 Å². The molecule has 0 saturated carbocycles. The Morgan fingerprint density at radius 2 is 1.86 bits per heavy atom. The van der Waals surface area contributed by atoms with E-state index in [4.69, 9.17) is 0 Å². The zero-order valence-corrected chi connectivity index (χ0v) is 15.5. The number of amides is 2. The van der Waals surface area contributed by atoms with Crippen molar-refractivity contribution < 1.29 is 9.59 Å². The average molecular weight is 374 g/mol. The predicted octanol–water partition coefficient (Wildman–Crippen LogP) is 3.45. The molecular weight excluding hydrogens is 352 g/mol. The number of carbonyl (C=O) groups excluding carboxylic acids is 2. The van der Waals surface area contributed by atoms with Gasteiger partial charge >= 0.3 is 0 Å². The second kappa shape index (κ2) is 8.08. The number of nitrogens with one attached hydrogen (secondary N) is 2. The van der Waals surface area contributed by atoms with Gasteiger partial charge < -0.3 is 10.2 Å². The molecule has 1 saturated heterocycles. The number of piperidine rings is 1. The summed E-state index contributed by atoms with van der Waals surface area (Å²) >= 11 is 0. The fourth-order valence-electron chi connectivity index (χ4n) is 3.51. The zero-order valence-electron chi connectivity index (χ0n) is 15.5. The highest BCUT2D eigenvalue weighted by Gasteiger charge is 2.27. The molecule has 0 radical (unpaired) electrons. The summed E-state index contributed by atoms with van der Waals surface area (Å²) in [6.07, 6.45) is 6.49. The van der Waals surface area contributed by atoms with Crippen LogP contribution >= 0.6 is 0 Å². The Morgan fingerprint density at radius 1 is 1.07 bits per heavy atom. The number of hydrogen-bond acceptors (Lipinski definition) is 3. The van der Waals surface area contributed by atoms with Crippen molar-refractivity contribution in [2.75, 3.05) is 18.4 Å². The molecule has 6 nitrogen and oxygen atoms in total. The third kappa shape index (κ3) is 3.96. The first kappa shape index (κ1) is 18.0. The van der Waals surface area contributed by atoms with Gasteiger partial charge in [0, 0.05) is 30.5 Å². The third-order valence-electron chi connectivity index (χ3n) is 5.13. The number of aromatic amines is 1. The molecule has 0 spiro atoms. The smallest absolute Gasteiger partial charge is 0.246 e. The maximum Gasteiger partial charge on any atom is 0.246 e. The molecule has 3 aromatic rings. The lowest BCUT2D eigenvalue weighted by atomic mass is 9.95. The molecule has 2 amide bonds. The summed E-state index contributed by atoms with van der Waals surface area (Å²) < 4.78 is 0. The van der Waals surface area contributed by atoms with Gasteiger partial charge in [0.2, 0.25) is 11.8 Å². The van der Waals surface area contributed by atoms with E-state index in [0.717, 1.165) is 22.2 Å². The number of aromatic nitrogens is 2. The second-order valence-electron chi connectivity index (χ2n) is 6.97. The summed E-state index contributed by atoms with van der Waals surface area (Å²) in [6.45, 7) is 1.18. The molecule has 0 atom stereocenters. The van der Waals surface area contributed by atoms with Crippen LogP contribution in [0.15, 0.2) is 60.8 Å². The number of carbonyl (C=O) groups is 2. The van der Waals surface area contributed by atoms with Crippen molar-refractivity contribution in [1.29, 1.82) is 0 Å². The van der Waals surface area contributed by atoms with Gasteiger partial charge in [0.1, 0.15) is 0 Å². The van der Waals surface area contributed by atoms with Crippen LogP contribution in [0, 0.1) is 5.92 Å². The Morgan fingerprint density at radius 3 is 2.64 bits per heavy atom. The molecule has 142 valence electrons. The minimum absolute atomic E-state index is 0.00553. The van der Waals surface area contributed by atoms with Crippen LogP contribution in [0.2, 0.25) is 0 Å². The largest absolute Gasteiger partial charge is 0.339 e. The Balaban J connectivity index is 1.32. The van der Waals surface area contributed by atoms with Gasteiger partial charge in [0.05, 0.1) is 17.4 Å². The number of nitrogens with zero attached hydrogens (tertiary/aromatic N) is 2. The van der Waals surface area contributed by atoms with Crippen LogP contribution in [0.4, 0.5) is 5.69 Å². The first-order valence-corrected chi connectivity index (χ1v) is 9.46. The van der Waals surface area contributed by atoms with Gasteiger partial charge in [0.25, 0.3) is 0 Å². The number of rotatable bonds is 4. The normalized spacial score (nSPS) is 15.2. The molecule has 6 heteroatoms. The fraction of sp³-hybridized carbons (Fsp3) is 0.227. The highest BCUT2D eigenvalue weighted by molar-refractivity contribution is 6.01. The van der Waals surface area contributed by atoms with Crippen LogP contribution in [-0.2, 0) is 9.59 Å². The number of likely N-dealkylation sites (tertiary alicyclic amines) is 1. The topological polar surface area (TPSA) is 78.1 Å². The minimum atomic E-state index is -0.0969. The van der Waals surface area contributed by atoms with Gasteiger partial charge in [-0.1, -0.05) is 42.5 Å². The van der Waals surface area contributed by atoms with Gasteiger partial charge in [0.15, 0.2) is 0 Å². The molecule has 2 aromatic carbocycles. The van der Waals surface area contributed by atoms with Gasteiger partial charge in [-0.05, 0) is 30.5 Å². The van der Waals surface area contributed by atoms with Crippen molar-refractivity contribution in [2.24, 2.45) is 5.92 Å². The number of H-pyrrole nitrogens is 1. The monoisotopic (exact) mass is 374 g/mol. The van der Waals surface area contributed by atoms with Crippen molar-refractivity contribution in [1.82, 2.24) is 15.1 Å². The minimum Gasteiger partial charge on any atom is -0.339 e. The molecular formula is C22H22N4O2. The van der Waals surface area contributed by atoms with Gasteiger partial charge in [-0.3, -0.25) is 14.7 Å². The highest BCUT2D eigenvalue weighted by Crippen LogP contribution is 2.24. The summed E-state index contributed by atoms with van der Waals surface area (Å²) in [6, 6.07) is 15.5. The fourth-order valence-corrected chi connectivity index (χ4v) is 3.51. The molecule has 1 fully saturated rings. The summed E-state index contributed by atoms with van der Waals surface area (Å²) in [5.41, 5.74) is 2.57. The number of benzene rings is 2. The van der Waals surface area contributed by atoms with E-state index in [-0.39, 0.29) is 17.7 Å². The zero-order chi connectivity index (χ0) is 19.3. The molecule has 1 aliphatic rings. The van der Waals surface area contributed by atoms with Crippen LogP contribution in [0.5, 0.6) is 0 Å². The van der Waals surface area contributed by atoms with Gasteiger partial charge in [-0.25, -0.2) is 0 Å². The number of para-hydroxylation sites is 1. The van der Waals surface area contributed by atoms with E-state index in [1.807, 2.05) is 54.6 Å². The van der Waals surface area contributed by atoms with Crippen molar-refractivity contribution in [3.63, 3.8) is 0 Å². The van der Waals surface area contributed by atoms with Crippen molar-refractivity contribution in [3.8, 4) is 0 Å². The molecule has 28 heavy (non-hydrogen) atoms. The molecule has 2 N–H and O–H groups in total.